The highest BCUT2D eigenvalue weighted by Gasteiger charge is 2.28. The fourth-order valence-electron chi connectivity index (χ4n) is 3.92. The summed E-state index contributed by atoms with van der Waals surface area (Å²) in [6, 6.07) is 21.1. The highest BCUT2D eigenvalue weighted by molar-refractivity contribution is 5.68. The Hall–Kier alpha value is -3.64. The van der Waals surface area contributed by atoms with Gasteiger partial charge in [0.25, 0.3) is 0 Å². The summed E-state index contributed by atoms with van der Waals surface area (Å²) >= 11 is 0. The molecule has 2 unspecified atom stereocenters. The molecule has 0 bridgehead atoms. The van der Waals surface area contributed by atoms with Gasteiger partial charge in [-0.15, -0.1) is 0 Å². The molecule has 0 spiro atoms. The number of hydrogen-bond donors (Lipinski definition) is 3. The number of phenols is 1. The van der Waals surface area contributed by atoms with Crippen LogP contribution in [0.5, 0.6) is 23.0 Å². The van der Waals surface area contributed by atoms with Gasteiger partial charge in [0.05, 0.1) is 26.9 Å². The number of nitrogens with one attached hydrogen (secondary N) is 2. The highest BCUT2D eigenvalue weighted by Crippen LogP contribution is 2.39. The van der Waals surface area contributed by atoms with Crippen molar-refractivity contribution in [2.45, 2.75) is 19.1 Å². The molecule has 3 aromatic rings. The van der Waals surface area contributed by atoms with Crippen molar-refractivity contribution in [3.05, 3.63) is 89.5 Å². The van der Waals surface area contributed by atoms with Gasteiger partial charge in [0, 0.05) is 22.4 Å². The second-order valence-electron chi connectivity index (χ2n) is 7.40. The van der Waals surface area contributed by atoms with Crippen molar-refractivity contribution in [2.75, 3.05) is 20.8 Å². The van der Waals surface area contributed by atoms with Crippen LogP contribution in [0.4, 0.5) is 0 Å². The van der Waals surface area contributed by atoms with Gasteiger partial charge in [-0.2, -0.15) is 0 Å². The molecule has 1 aliphatic rings. The third-order valence-electron chi connectivity index (χ3n) is 5.48. The zero-order valence-corrected chi connectivity index (χ0v) is 18.5. The van der Waals surface area contributed by atoms with Gasteiger partial charge < -0.3 is 24.6 Å². The minimum absolute atomic E-state index is 0.133. The minimum atomic E-state index is -0.271. The van der Waals surface area contributed by atoms with Gasteiger partial charge in [-0.1, -0.05) is 42.5 Å². The maximum Gasteiger partial charge on any atom is 0.162 e. The zero-order chi connectivity index (χ0) is 22.5. The Morgan fingerprint density at radius 2 is 1.62 bits per heavy atom. The second kappa shape index (κ2) is 9.66. The number of benzene rings is 3. The molecule has 0 fully saturated rings. The predicted molar refractivity (Wildman–Crippen MR) is 125 cm³/mol. The van der Waals surface area contributed by atoms with E-state index in [1.165, 1.54) is 0 Å². The summed E-state index contributed by atoms with van der Waals surface area (Å²) in [6.45, 7) is 2.37. The monoisotopic (exact) mass is 432 g/mol. The first-order valence-electron chi connectivity index (χ1n) is 10.6. The van der Waals surface area contributed by atoms with Crippen molar-refractivity contribution in [1.29, 1.82) is 0 Å². The van der Waals surface area contributed by atoms with E-state index in [-0.39, 0.29) is 18.0 Å². The molecule has 0 saturated heterocycles. The molecule has 2 atom stereocenters. The maximum absolute atomic E-state index is 10.9. The summed E-state index contributed by atoms with van der Waals surface area (Å²) < 4.78 is 16.6. The van der Waals surface area contributed by atoms with E-state index in [0.29, 0.717) is 12.4 Å². The molecule has 1 heterocycles. The van der Waals surface area contributed by atoms with E-state index < -0.39 is 0 Å². The van der Waals surface area contributed by atoms with Crippen LogP contribution in [-0.4, -0.2) is 25.9 Å². The number of rotatable bonds is 7. The summed E-state index contributed by atoms with van der Waals surface area (Å²) in [6.07, 6.45) is 1.81. The van der Waals surface area contributed by atoms with Gasteiger partial charge in [-0.3, -0.25) is 5.32 Å². The van der Waals surface area contributed by atoms with E-state index in [0.717, 1.165) is 33.9 Å². The van der Waals surface area contributed by atoms with E-state index in [4.69, 9.17) is 14.2 Å². The fraction of sp³-hybridized carbons (Fsp3) is 0.231. The Morgan fingerprint density at radius 3 is 2.41 bits per heavy atom. The molecule has 32 heavy (non-hydrogen) atoms. The van der Waals surface area contributed by atoms with Crippen LogP contribution in [-0.2, 0) is 0 Å². The van der Waals surface area contributed by atoms with Crippen molar-refractivity contribution in [1.82, 2.24) is 10.6 Å². The Kier molecular flexibility index (Phi) is 6.52. The molecule has 3 N–H and O–H groups in total. The summed E-state index contributed by atoms with van der Waals surface area (Å²) in [4.78, 5) is 0. The molecule has 166 valence electrons. The van der Waals surface area contributed by atoms with Gasteiger partial charge in [-0.25, -0.2) is 0 Å². The number of ether oxygens (including phenoxy) is 3. The predicted octanol–water partition coefficient (Wildman–Crippen LogP) is 4.78. The second-order valence-corrected chi connectivity index (χ2v) is 7.40. The van der Waals surface area contributed by atoms with Crippen LogP contribution in [0.15, 0.2) is 72.8 Å². The van der Waals surface area contributed by atoms with Crippen LogP contribution >= 0.6 is 0 Å². The summed E-state index contributed by atoms with van der Waals surface area (Å²) in [5, 5.41) is 18.1. The van der Waals surface area contributed by atoms with Crippen molar-refractivity contribution in [3.63, 3.8) is 0 Å². The van der Waals surface area contributed by atoms with E-state index >= 15 is 0 Å². The number of aromatic hydroxyl groups is 1. The molecule has 0 saturated carbocycles. The first kappa shape index (κ1) is 21.6. The fourth-order valence-corrected chi connectivity index (χ4v) is 3.92. The van der Waals surface area contributed by atoms with Crippen LogP contribution in [0.25, 0.3) is 5.70 Å². The maximum atomic E-state index is 10.9. The number of methoxy groups -OCH3 is 2. The Morgan fingerprint density at radius 1 is 0.875 bits per heavy atom. The van der Waals surface area contributed by atoms with E-state index in [1.807, 2.05) is 67.6 Å². The lowest BCUT2D eigenvalue weighted by atomic mass is 9.97. The lowest BCUT2D eigenvalue weighted by molar-refractivity contribution is 0.314. The van der Waals surface area contributed by atoms with Crippen LogP contribution in [0.3, 0.4) is 0 Å². The van der Waals surface area contributed by atoms with Crippen molar-refractivity contribution in [3.8, 4) is 23.0 Å². The smallest absolute Gasteiger partial charge is 0.162 e. The van der Waals surface area contributed by atoms with Gasteiger partial charge >= 0.3 is 0 Å². The van der Waals surface area contributed by atoms with E-state index in [9.17, 15) is 5.11 Å². The van der Waals surface area contributed by atoms with Crippen LogP contribution < -0.4 is 24.8 Å². The van der Waals surface area contributed by atoms with Crippen LogP contribution in [0.2, 0.25) is 0 Å². The number of para-hydroxylation sites is 2. The first-order chi connectivity index (χ1) is 15.6. The molecule has 0 amide bonds. The van der Waals surface area contributed by atoms with Crippen molar-refractivity contribution < 1.29 is 19.3 Å². The lowest BCUT2D eigenvalue weighted by Gasteiger charge is -2.34. The third-order valence-corrected chi connectivity index (χ3v) is 5.48. The minimum Gasteiger partial charge on any atom is -0.504 e. The summed E-state index contributed by atoms with van der Waals surface area (Å²) in [5.74, 6) is 2.15. The SMILES string of the molecule is CCOc1cccc(C2C=C(c3cccc(OC)c3)NC(c3ccccc3OC)N2)c1O. The van der Waals surface area contributed by atoms with E-state index in [1.54, 1.807) is 20.3 Å². The Balaban J connectivity index is 1.80. The third kappa shape index (κ3) is 4.36. The van der Waals surface area contributed by atoms with Crippen molar-refractivity contribution >= 4 is 5.70 Å². The standard InChI is InChI=1S/C26H28N2O4/c1-4-32-24-14-8-12-19(25(24)29)22-16-21(17-9-7-10-18(15-17)30-2)27-26(28-22)20-11-5-6-13-23(20)31-3/h5-16,22,26-29H,4H2,1-3H3. The topological polar surface area (TPSA) is 72.0 Å². The van der Waals surface area contributed by atoms with Crippen LogP contribution in [0.1, 0.15) is 35.8 Å². The number of phenolic OH excluding ortho intramolecular Hbond substituents is 1. The average molecular weight is 433 g/mol. The molecule has 6 heteroatoms. The molecular formula is C26H28N2O4. The molecule has 6 nitrogen and oxygen atoms in total. The molecule has 3 aromatic carbocycles. The molecule has 0 aromatic heterocycles. The molecule has 4 rings (SSSR count). The molecule has 0 radical (unpaired) electrons. The summed E-state index contributed by atoms with van der Waals surface area (Å²) in [7, 11) is 3.32. The summed E-state index contributed by atoms with van der Waals surface area (Å²) in [5.41, 5.74) is 3.60. The number of hydrogen-bond acceptors (Lipinski definition) is 6. The van der Waals surface area contributed by atoms with Crippen molar-refractivity contribution in [2.24, 2.45) is 0 Å². The first-order valence-corrected chi connectivity index (χ1v) is 10.6. The van der Waals surface area contributed by atoms with Gasteiger partial charge in [0.15, 0.2) is 11.5 Å². The molecule has 0 aliphatic carbocycles. The quantitative estimate of drug-likeness (QED) is 0.499. The zero-order valence-electron chi connectivity index (χ0n) is 18.5. The Bertz CT molecular complexity index is 1110. The average Bonchev–Trinajstić information content (AvgIpc) is 2.85. The Labute approximate surface area is 188 Å². The van der Waals surface area contributed by atoms with Gasteiger partial charge in [-0.05, 0) is 37.3 Å². The molecule has 1 aliphatic heterocycles. The van der Waals surface area contributed by atoms with Gasteiger partial charge in [0.1, 0.15) is 17.7 Å². The van der Waals surface area contributed by atoms with Crippen LogP contribution in [0, 0.1) is 0 Å². The van der Waals surface area contributed by atoms with Gasteiger partial charge in [0.2, 0.25) is 0 Å². The largest absolute Gasteiger partial charge is 0.504 e. The molecular weight excluding hydrogens is 404 g/mol. The normalized spacial score (nSPS) is 17.8. The lowest BCUT2D eigenvalue weighted by Crippen LogP contribution is -2.39. The highest BCUT2D eigenvalue weighted by atomic mass is 16.5. The van der Waals surface area contributed by atoms with E-state index in [2.05, 4.69) is 16.7 Å².